The van der Waals surface area contributed by atoms with E-state index >= 15 is 0 Å². The summed E-state index contributed by atoms with van der Waals surface area (Å²) in [5.74, 6) is -3.35. The number of methoxy groups -OCH3 is 2. The number of ether oxygens (including phenoxy) is 2. The van der Waals surface area contributed by atoms with E-state index in [4.69, 9.17) is 9.47 Å². The van der Waals surface area contributed by atoms with Crippen LogP contribution in [0.2, 0.25) is 0 Å². The van der Waals surface area contributed by atoms with Gasteiger partial charge in [0.1, 0.15) is 0 Å². The maximum Gasteiger partial charge on any atom is 0.258 e. The lowest BCUT2D eigenvalue weighted by Crippen LogP contribution is -2.42. The van der Waals surface area contributed by atoms with Crippen molar-refractivity contribution in [2.45, 2.75) is 31.3 Å². The molecular formula is C24H22F3N3O3. The Bertz CT molecular complexity index is 1250. The van der Waals surface area contributed by atoms with Crippen molar-refractivity contribution in [3.8, 4) is 22.8 Å². The number of hydrogen-bond donors (Lipinski definition) is 0. The molecule has 2 aromatic carbocycles. The number of aryl methyl sites for hydroxylation is 1. The number of carbonyl (C=O) groups excluding carboxylic acids is 1. The molecule has 0 saturated carbocycles. The van der Waals surface area contributed by atoms with Crippen molar-refractivity contribution in [1.82, 2.24) is 14.7 Å². The van der Waals surface area contributed by atoms with E-state index in [-0.39, 0.29) is 23.6 Å². The van der Waals surface area contributed by atoms with Gasteiger partial charge in [0.25, 0.3) is 5.91 Å². The highest BCUT2D eigenvalue weighted by atomic mass is 19.2. The summed E-state index contributed by atoms with van der Waals surface area (Å²) in [6.07, 6.45) is 1.97. The van der Waals surface area contributed by atoms with Crippen molar-refractivity contribution in [3.63, 3.8) is 0 Å². The van der Waals surface area contributed by atoms with Gasteiger partial charge >= 0.3 is 0 Å². The number of rotatable bonds is 4. The highest BCUT2D eigenvalue weighted by Gasteiger charge is 2.46. The highest BCUT2D eigenvalue weighted by Crippen LogP contribution is 2.47. The minimum atomic E-state index is -1.50. The van der Waals surface area contributed by atoms with Crippen LogP contribution in [0.25, 0.3) is 11.3 Å². The summed E-state index contributed by atoms with van der Waals surface area (Å²) in [5, 5.41) is 4.62. The summed E-state index contributed by atoms with van der Waals surface area (Å²) in [6.45, 7) is 0. The first-order chi connectivity index (χ1) is 15.8. The van der Waals surface area contributed by atoms with Gasteiger partial charge in [-0.3, -0.25) is 9.48 Å². The SMILES string of the molecule is COc1cccc(C(=O)N2[C@H]3CC[C@@H]2c2nn(C)c(-c4cc(F)c(F)c(F)c4)c2C3)c1OC. The van der Waals surface area contributed by atoms with Crippen molar-refractivity contribution in [3.05, 3.63) is 64.6 Å². The Morgan fingerprint density at radius 3 is 2.48 bits per heavy atom. The highest BCUT2D eigenvalue weighted by molar-refractivity contribution is 5.98. The zero-order valence-corrected chi connectivity index (χ0v) is 18.4. The summed E-state index contributed by atoms with van der Waals surface area (Å²) in [4.78, 5) is 15.4. The Labute approximate surface area is 188 Å². The first kappa shape index (κ1) is 21.4. The Kier molecular flexibility index (Phi) is 5.07. The summed E-state index contributed by atoms with van der Waals surface area (Å²) in [5.41, 5.74) is 2.68. The molecule has 1 saturated heterocycles. The van der Waals surface area contributed by atoms with Crippen LogP contribution in [0, 0.1) is 17.5 Å². The third-order valence-corrected chi connectivity index (χ3v) is 6.56. The van der Waals surface area contributed by atoms with Crippen LogP contribution >= 0.6 is 0 Å². The molecule has 2 bridgehead atoms. The van der Waals surface area contributed by atoms with E-state index in [1.807, 2.05) is 4.90 Å². The molecule has 172 valence electrons. The largest absolute Gasteiger partial charge is 0.493 e. The molecule has 1 aromatic heterocycles. The van der Waals surface area contributed by atoms with E-state index in [2.05, 4.69) is 5.10 Å². The van der Waals surface area contributed by atoms with Gasteiger partial charge in [-0.1, -0.05) is 6.07 Å². The van der Waals surface area contributed by atoms with Crippen molar-refractivity contribution in [2.24, 2.45) is 7.05 Å². The molecule has 3 heterocycles. The fraction of sp³-hybridized carbons (Fsp3) is 0.333. The normalized spacial score (nSPS) is 18.9. The van der Waals surface area contributed by atoms with Gasteiger partial charge in [-0.15, -0.1) is 0 Å². The second kappa shape index (κ2) is 7.83. The minimum Gasteiger partial charge on any atom is -0.493 e. The fourth-order valence-corrected chi connectivity index (χ4v) is 5.20. The molecule has 33 heavy (non-hydrogen) atoms. The van der Waals surface area contributed by atoms with Gasteiger partial charge in [0.15, 0.2) is 29.0 Å². The number of fused-ring (bicyclic) bond motifs is 4. The molecule has 2 aliphatic heterocycles. The molecule has 3 aromatic rings. The number of amides is 1. The van der Waals surface area contributed by atoms with Crippen LogP contribution in [-0.2, 0) is 13.5 Å². The topological polar surface area (TPSA) is 56.6 Å². The van der Waals surface area contributed by atoms with E-state index in [1.165, 1.54) is 14.2 Å². The standard InChI is InChI=1S/C24H22F3N3O3/c1-29-22(12-9-16(25)20(27)17(26)10-12)15-11-13-7-8-18(21(15)28-29)30(13)24(31)14-5-4-6-19(32-2)23(14)33-3/h4-6,9-10,13,18H,7-8,11H2,1-3H3/t13-,18+/m0/s1. The number of halogens is 3. The van der Waals surface area contributed by atoms with Gasteiger partial charge in [0.05, 0.1) is 37.2 Å². The van der Waals surface area contributed by atoms with Crippen LogP contribution < -0.4 is 9.47 Å². The molecule has 0 radical (unpaired) electrons. The van der Waals surface area contributed by atoms with Gasteiger partial charge in [-0.05, 0) is 43.5 Å². The molecule has 2 aliphatic rings. The van der Waals surface area contributed by atoms with Crippen molar-refractivity contribution in [2.75, 3.05) is 14.2 Å². The van der Waals surface area contributed by atoms with Crippen LogP contribution in [0.4, 0.5) is 13.2 Å². The van der Waals surface area contributed by atoms with Crippen molar-refractivity contribution < 1.29 is 27.4 Å². The van der Waals surface area contributed by atoms with E-state index in [1.54, 1.807) is 29.9 Å². The number of para-hydroxylation sites is 1. The molecular weight excluding hydrogens is 435 g/mol. The lowest BCUT2D eigenvalue weighted by molar-refractivity contribution is 0.0638. The molecule has 5 rings (SSSR count). The van der Waals surface area contributed by atoms with Gasteiger partial charge in [-0.25, -0.2) is 13.2 Å². The Balaban J connectivity index is 1.57. The number of hydrogen-bond acceptors (Lipinski definition) is 4. The van der Waals surface area contributed by atoms with Gasteiger partial charge in [0, 0.05) is 24.2 Å². The molecule has 0 spiro atoms. The van der Waals surface area contributed by atoms with Crippen LogP contribution in [0.1, 0.15) is 40.5 Å². The van der Waals surface area contributed by atoms with E-state index in [9.17, 15) is 18.0 Å². The van der Waals surface area contributed by atoms with Gasteiger partial charge < -0.3 is 14.4 Å². The van der Waals surface area contributed by atoms with Crippen LogP contribution in [0.3, 0.4) is 0 Å². The van der Waals surface area contributed by atoms with Gasteiger partial charge in [0.2, 0.25) is 0 Å². The van der Waals surface area contributed by atoms with Crippen LogP contribution in [-0.4, -0.2) is 40.8 Å². The Hall–Kier alpha value is -3.49. The third kappa shape index (κ3) is 3.17. The average molecular weight is 457 g/mol. The Morgan fingerprint density at radius 1 is 1.09 bits per heavy atom. The predicted molar refractivity (Wildman–Crippen MR) is 114 cm³/mol. The molecule has 0 unspecified atom stereocenters. The number of benzene rings is 2. The number of nitrogens with zero attached hydrogens (tertiary/aromatic N) is 3. The number of carbonyl (C=O) groups is 1. The van der Waals surface area contributed by atoms with E-state index in [0.717, 1.165) is 30.5 Å². The monoisotopic (exact) mass is 457 g/mol. The Morgan fingerprint density at radius 2 is 1.82 bits per heavy atom. The summed E-state index contributed by atoms with van der Waals surface area (Å²) in [7, 11) is 4.68. The maximum absolute atomic E-state index is 13.9. The fourth-order valence-electron chi connectivity index (χ4n) is 5.20. The summed E-state index contributed by atoms with van der Waals surface area (Å²) < 4.78 is 53.7. The maximum atomic E-state index is 13.9. The van der Waals surface area contributed by atoms with E-state index < -0.39 is 17.5 Å². The lowest BCUT2D eigenvalue weighted by atomic mass is 9.94. The van der Waals surface area contributed by atoms with Gasteiger partial charge in [-0.2, -0.15) is 5.10 Å². The minimum absolute atomic E-state index is 0.107. The van der Waals surface area contributed by atoms with Crippen molar-refractivity contribution >= 4 is 5.91 Å². The molecule has 1 fully saturated rings. The first-order valence-electron chi connectivity index (χ1n) is 10.6. The smallest absolute Gasteiger partial charge is 0.258 e. The molecule has 1 amide bonds. The third-order valence-electron chi connectivity index (χ3n) is 6.56. The first-order valence-corrected chi connectivity index (χ1v) is 10.6. The number of aromatic nitrogens is 2. The van der Waals surface area contributed by atoms with Crippen LogP contribution in [0.15, 0.2) is 30.3 Å². The molecule has 9 heteroatoms. The predicted octanol–water partition coefficient (Wildman–Crippen LogP) is 4.42. The average Bonchev–Trinajstić information content (AvgIpc) is 3.32. The van der Waals surface area contributed by atoms with E-state index in [0.29, 0.717) is 34.9 Å². The van der Waals surface area contributed by atoms with Crippen molar-refractivity contribution in [1.29, 1.82) is 0 Å². The van der Waals surface area contributed by atoms with Crippen LogP contribution in [0.5, 0.6) is 11.5 Å². The molecule has 6 nitrogen and oxygen atoms in total. The lowest BCUT2D eigenvalue weighted by Gasteiger charge is -2.34. The second-order valence-corrected chi connectivity index (χ2v) is 8.29. The molecule has 2 atom stereocenters. The quantitative estimate of drug-likeness (QED) is 0.545. The zero-order valence-electron chi connectivity index (χ0n) is 18.4. The molecule has 0 aliphatic carbocycles. The summed E-state index contributed by atoms with van der Waals surface area (Å²) >= 11 is 0. The zero-order chi connectivity index (χ0) is 23.4. The second-order valence-electron chi connectivity index (χ2n) is 8.29. The molecule has 0 N–H and O–H groups in total. The summed E-state index contributed by atoms with van der Waals surface area (Å²) in [6, 6.07) is 6.74.